The van der Waals surface area contributed by atoms with Crippen LogP contribution in [0.1, 0.15) is 24.0 Å². The zero-order valence-electron chi connectivity index (χ0n) is 19.5. The minimum Gasteiger partial charge on any atom is -0.379 e. The molecular weight excluding hydrogens is 412 g/mol. The molecule has 4 heterocycles. The van der Waals surface area contributed by atoms with Crippen molar-refractivity contribution in [2.24, 2.45) is 11.3 Å². The second-order valence-corrected chi connectivity index (χ2v) is 9.87. The average Bonchev–Trinajstić information content (AvgIpc) is 3.18. The largest absolute Gasteiger partial charge is 0.379 e. The number of fused-ring (bicyclic) bond motifs is 1. The topological polar surface area (TPSA) is 50.1 Å². The number of ether oxygens (including phenoxy) is 1. The van der Waals surface area contributed by atoms with Crippen molar-refractivity contribution in [3.05, 3.63) is 72.2 Å². The molecule has 2 aliphatic rings. The van der Waals surface area contributed by atoms with Crippen LogP contribution in [0.4, 0.5) is 0 Å². The van der Waals surface area contributed by atoms with Gasteiger partial charge in [-0.2, -0.15) is 0 Å². The highest BCUT2D eigenvalue weighted by Crippen LogP contribution is 2.37. The molecule has 2 aliphatic heterocycles. The van der Waals surface area contributed by atoms with E-state index in [1.54, 1.807) is 0 Å². The lowest BCUT2D eigenvalue weighted by Crippen LogP contribution is -2.52. The third-order valence-electron chi connectivity index (χ3n) is 7.38. The lowest BCUT2D eigenvalue weighted by molar-refractivity contribution is -0.145. The van der Waals surface area contributed by atoms with Gasteiger partial charge < -0.3 is 18.9 Å². The number of rotatable bonds is 5. The Bertz CT molecular complexity index is 1070. The van der Waals surface area contributed by atoms with E-state index in [9.17, 15) is 4.79 Å². The fourth-order valence-electron chi connectivity index (χ4n) is 5.44. The van der Waals surface area contributed by atoms with Crippen LogP contribution < -0.4 is 0 Å². The van der Waals surface area contributed by atoms with E-state index in [1.165, 1.54) is 11.1 Å². The molecule has 33 heavy (non-hydrogen) atoms. The molecule has 3 aromatic rings. The number of pyridine rings is 1. The number of likely N-dealkylation sites (tertiary alicyclic amines) is 1. The Kier molecular flexibility index (Phi) is 6.47. The van der Waals surface area contributed by atoms with Gasteiger partial charge in [-0.15, -0.1) is 0 Å². The summed E-state index contributed by atoms with van der Waals surface area (Å²) in [6.45, 7) is 4.69. The van der Waals surface area contributed by atoms with Crippen molar-refractivity contribution in [3.63, 3.8) is 0 Å². The number of amides is 1. The van der Waals surface area contributed by atoms with Crippen molar-refractivity contribution < 1.29 is 9.53 Å². The Labute approximate surface area is 196 Å². The van der Waals surface area contributed by atoms with Gasteiger partial charge in [-0.25, -0.2) is 4.98 Å². The van der Waals surface area contributed by atoms with Crippen LogP contribution in [0, 0.1) is 11.3 Å². The molecule has 0 aliphatic carbocycles. The maximum absolute atomic E-state index is 14.1. The summed E-state index contributed by atoms with van der Waals surface area (Å²) in [5.41, 5.74) is 3.14. The maximum Gasteiger partial charge on any atom is 0.229 e. The van der Waals surface area contributed by atoms with E-state index in [2.05, 4.69) is 68.8 Å². The lowest BCUT2D eigenvalue weighted by atomic mass is 9.72. The van der Waals surface area contributed by atoms with Crippen LogP contribution >= 0.6 is 0 Å². The third-order valence-corrected chi connectivity index (χ3v) is 7.38. The first-order valence-electron chi connectivity index (χ1n) is 12.1. The molecule has 5 rings (SSSR count). The molecule has 0 saturated carbocycles. The summed E-state index contributed by atoms with van der Waals surface area (Å²) < 4.78 is 8.03. The van der Waals surface area contributed by atoms with Crippen LogP contribution in [-0.2, 0) is 22.4 Å². The minimum atomic E-state index is -0.321. The third kappa shape index (κ3) is 4.97. The number of benzene rings is 1. The fourth-order valence-corrected chi connectivity index (χ4v) is 5.44. The number of nitrogens with zero attached hydrogens (tertiary/aromatic N) is 4. The van der Waals surface area contributed by atoms with Crippen molar-refractivity contribution >= 4 is 11.6 Å². The maximum atomic E-state index is 14.1. The van der Waals surface area contributed by atoms with E-state index < -0.39 is 0 Å². The highest BCUT2D eigenvalue weighted by Gasteiger charge is 2.43. The predicted molar refractivity (Wildman–Crippen MR) is 129 cm³/mol. The first-order valence-corrected chi connectivity index (χ1v) is 12.1. The summed E-state index contributed by atoms with van der Waals surface area (Å²) in [5, 5.41) is 0. The summed E-state index contributed by atoms with van der Waals surface area (Å²) in [7, 11) is 2.16. The second-order valence-electron chi connectivity index (χ2n) is 9.87. The number of hydrogen-bond acceptors (Lipinski definition) is 4. The first-order chi connectivity index (χ1) is 16.1. The highest BCUT2D eigenvalue weighted by molar-refractivity contribution is 5.83. The number of aromatic nitrogens is 2. The first kappa shape index (κ1) is 22.1. The SMILES string of the molecule is CN1CCC(Cc2ccccc2)(C(=O)N2CCOC[C@H](Cc3ccc4nccn4c3)C2)CC1. The number of hydrogen-bond donors (Lipinski definition) is 0. The Balaban J connectivity index is 1.34. The van der Waals surface area contributed by atoms with Gasteiger partial charge in [-0.05, 0) is 63.0 Å². The fraction of sp³-hybridized carbons (Fsp3) is 0.481. The summed E-state index contributed by atoms with van der Waals surface area (Å²) in [6.07, 6.45) is 9.49. The standard InChI is InChI=1S/C27H34N4O2/c1-29-12-9-27(10-13-29,18-22-5-3-2-4-6-22)26(32)31-15-16-33-21-24(20-31)17-23-7-8-25-28-11-14-30(25)19-23/h2-8,11,14,19,24H,9-10,12-13,15-18,20-21H2,1H3/t24-/m1/s1. The monoisotopic (exact) mass is 446 g/mol. The normalized spacial score (nSPS) is 21.7. The molecule has 2 saturated heterocycles. The predicted octanol–water partition coefficient (Wildman–Crippen LogP) is 3.31. The number of carbonyl (C=O) groups excluding carboxylic acids is 1. The van der Waals surface area contributed by atoms with Gasteiger partial charge in [0.15, 0.2) is 0 Å². The van der Waals surface area contributed by atoms with Crippen LogP contribution in [0.5, 0.6) is 0 Å². The molecule has 2 fully saturated rings. The van der Waals surface area contributed by atoms with E-state index in [-0.39, 0.29) is 11.3 Å². The van der Waals surface area contributed by atoms with Crippen LogP contribution in [0.2, 0.25) is 0 Å². The zero-order chi connectivity index (χ0) is 22.7. The quantitative estimate of drug-likeness (QED) is 0.603. The molecule has 0 unspecified atom stereocenters. The van der Waals surface area contributed by atoms with Crippen LogP contribution in [0.3, 0.4) is 0 Å². The van der Waals surface area contributed by atoms with Gasteiger partial charge in [-0.1, -0.05) is 36.4 Å². The second kappa shape index (κ2) is 9.65. The van der Waals surface area contributed by atoms with Gasteiger partial charge >= 0.3 is 0 Å². The number of carbonyl (C=O) groups is 1. The summed E-state index contributed by atoms with van der Waals surface area (Å²) in [5.74, 6) is 0.609. The van der Waals surface area contributed by atoms with Crippen LogP contribution in [0.25, 0.3) is 5.65 Å². The molecular formula is C27H34N4O2. The Hall–Kier alpha value is -2.70. The number of piperidine rings is 1. The average molecular weight is 447 g/mol. The van der Waals surface area contributed by atoms with E-state index in [0.717, 1.165) is 51.0 Å². The van der Waals surface area contributed by atoms with Crippen LogP contribution in [0.15, 0.2) is 61.1 Å². The number of imidazole rings is 1. The van der Waals surface area contributed by atoms with Gasteiger partial charge in [0.1, 0.15) is 5.65 Å². The van der Waals surface area contributed by atoms with Crippen molar-refractivity contribution in [1.29, 1.82) is 0 Å². The molecule has 0 spiro atoms. The smallest absolute Gasteiger partial charge is 0.229 e. The van der Waals surface area contributed by atoms with Crippen LogP contribution in [-0.4, -0.2) is 71.5 Å². The van der Waals surface area contributed by atoms with E-state index in [4.69, 9.17) is 4.74 Å². The van der Waals surface area contributed by atoms with Crippen molar-refractivity contribution in [3.8, 4) is 0 Å². The molecule has 1 aromatic carbocycles. The van der Waals surface area contributed by atoms with Gasteiger partial charge in [0.05, 0.1) is 18.6 Å². The van der Waals surface area contributed by atoms with Gasteiger partial charge in [0, 0.05) is 37.6 Å². The summed E-state index contributed by atoms with van der Waals surface area (Å²) >= 11 is 0. The van der Waals surface area contributed by atoms with Crippen molar-refractivity contribution in [2.45, 2.75) is 25.7 Å². The summed E-state index contributed by atoms with van der Waals surface area (Å²) in [6, 6.07) is 14.7. The lowest BCUT2D eigenvalue weighted by Gasteiger charge is -2.42. The van der Waals surface area contributed by atoms with Gasteiger partial charge in [-0.3, -0.25) is 4.79 Å². The molecule has 6 heteroatoms. The van der Waals surface area contributed by atoms with Gasteiger partial charge in [0.25, 0.3) is 0 Å². The molecule has 0 N–H and O–H groups in total. The van der Waals surface area contributed by atoms with Gasteiger partial charge in [0.2, 0.25) is 5.91 Å². The summed E-state index contributed by atoms with van der Waals surface area (Å²) in [4.78, 5) is 22.9. The molecule has 1 atom stereocenters. The van der Waals surface area contributed by atoms with E-state index >= 15 is 0 Å². The Morgan fingerprint density at radius 1 is 1.09 bits per heavy atom. The van der Waals surface area contributed by atoms with E-state index in [1.807, 2.05) is 18.5 Å². The molecule has 0 radical (unpaired) electrons. The molecule has 0 bridgehead atoms. The van der Waals surface area contributed by atoms with E-state index in [0.29, 0.717) is 25.7 Å². The Morgan fingerprint density at radius 2 is 1.91 bits per heavy atom. The molecule has 174 valence electrons. The van der Waals surface area contributed by atoms with Crippen molar-refractivity contribution in [1.82, 2.24) is 19.2 Å². The zero-order valence-corrected chi connectivity index (χ0v) is 19.5. The molecule has 1 amide bonds. The van der Waals surface area contributed by atoms with Crippen molar-refractivity contribution in [2.75, 3.05) is 46.4 Å². The Morgan fingerprint density at radius 3 is 2.73 bits per heavy atom. The highest BCUT2D eigenvalue weighted by atomic mass is 16.5. The minimum absolute atomic E-state index is 0.289. The molecule has 2 aromatic heterocycles. The molecule has 6 nitrogen and oxygen atoms in total.